The van der Waals surface area contributed by atoms with E-state index in [1.54, 1.807) is 35.7 Å². The Morgan fingerprint density at radius 1 is 1.41 bits per heavy atom. The molecule has 2 heterocycles. The number of amides is 1. The first-order valence-electron chi connectivity index (χ1n) is 6.40. The molecule has 1 amide bonds. The van der Waals surface area contributed by atoms with Crippen molar-refractivity contribution in [3.05, 3.63) is 58.0 Å². The molecule has 1 aromatic carbocycles. The molecule has 0 saturated carbocycles. The predicted molar refractivity (Wildman–Crippen MR) is 83.7 cm³/mol. The number of fused-ring (bicyclic) bond motifs is 1. The highest BCUT2D eigenvalue weighted by Crippen LogP contribution is 2.13. The summed E-state index contributed by atoms with van der Waals surface area (Å²) in [4.78, 5) is 29.0. The summed E-state index contributed by atoms with van der Waals surface area (Å²) in [6, 6.07) is 10.3. The average molecular weight is 310 g/mol. The maximum Gasteiger partial charge on any atom is 0.262 e. The summed E-state index contributed by atoms with van der Waals surface area (Å²) in [6.07, 6.45) is 1.37. The highest BCUT2D eigenvalue weighted by atomic mass is 32.1. The lowest BCUT2D eigenvalue weighted by molar-refractivity contribution is -0.116. The van der Waals surface area contributed by atoms with Gasteiger partial charge in [-0.1, -0.05) is 6.07 Å². The van der Waals surface area contributed by atoms with Gasteiger partial charge in [-0.3, -0.25) is 14.2 Å². The van der Waals surface area contributed by atoms with E-state index >= 15 is 0 Å². The summed E-state index contributed by atoms with van der Waals surface area (Å²) < 4.78 is 1.26. The standard InChI is InChI=1S/C15H10N4O2S/c16-7-10-2-1-3-11(6-10)18-13(20)8-19-9-17-14-12(15(19)21)4-5-22-14/h1-6,9H,8H2,(H,18,20). The molecule has 6 nitrogen and oxygen atoms in total. The molecule has 0 atom stereocenters. The van der Waals surface area contributed by atoms with E-state index in [1.807, 2.05) is 6.07 Å². The molecule has 0 bridgehead atoms. The van der Waals surface area contributed by atoms with E-state index in [-0.39, 0.29) is 18.0 Å². The Bertz CT molecular complexity index is 952. The zero-order valence-electron chi connectivity index (χ0n) is 11.3. The van der Waals surface area contributed by atoms with Crippen molar-refractivity contribution in [1.29, 1.82) is 5.26 Å². The highest BCUT2D eigenvalue weighted by Gasteiger charge is 2.09. The fourth-order valence-electron chi connectivity index (χ4n) is 2.03. The number of thiophene rings is 1. The van der Waals surface area contributed by atoms with Gasteiger partial charge < -0.3 is 5.32 Å². The van der Waals surface area contributed by atoms with Crippen molar-refractivity contribution in [3.8, 4) is 6.07 Å². The number of anilines is 1. The zero-order valence-corrected chi connectivity index (χ0v) is 12.1. The third-order valence-corrected chi connectivity index (χ3v) is 3.86. The van der Waals surface area contributed by atoms with Crippen LogP contribution in [0.2, 0.25) is 0 Å². The predicted octanol–water partition coefficient (Wildman–Crippen LogP) is 1.97. The van der Waals surface area contributed by atoms with Gasteiger partial charge in [-0.25, -0.2) is 4.98 Å². The van der Waals surface area contributed by atoms with E-state index in [1.165, 1.54) is 22.2 Å². The van der Waals surface area contributed by atoms with Gasteiger partial charge in [0.15, 0.2) is 0 Å². The summed E-state index contributed by atoms with van der Waals surface area (Å²) in [5, 5.41) is 13.8. The Kier molecular flexibility index (Phi) is 3.68. The monoisotopic (exact) mass is 310 g/mol. The molecule has 2 aromatic heterocycles. The number of hydrogen-bond acceptors (Lipinski definition) is 5. The third kappa shape index (κ3) is 2.73. The second-order valence-corrected chi connectivity index (χ2v) is 5.45. The summed E-state index contributed by atoms with van der Waals surface area (Å²) >= 11 is 1.38. The number of nitrogens with one attached hydrogen (secondary N) is 1. The van der Waals surface area contributed by atoms with E-state index in [0.29, 0.717) is 21.5 Å². The van der Waals surface area contributed by atoms with Gasteiger partial charge in [0.2, 0.25) is 5.91 Å². The van der Waals surface area contributed by atoms with Crippen LogP contribution in [-0.4, -0.2) is 15.5 Å². The fourth-order valence-corrected chi connectivity index (χ4v) is 2.75. The maximum absolute atomic E-state index is 12.2. The van der Waals surface area contributed by atoms with Crippen LogP contribution in [0, 0.1) is 11.3 Å². The Morgan fingerprint density at radius 2 is 2.27 bits per heavy atom. The minimum absolute atomic E-state index is 0.131. The van der Waals surface area contributed by atoms with Crippen molar-refractivity contribution < 1.29 is 4.79 Å². The van der Waals surface area contributed by atoms with Gasteiger partial charge in [-0.05, 0) is 29.6 Å². The van der Waals surface area contributed by atoms with Crippen molar-refractivity contribution in [2.45, 2.75) is 6.54 Å². The van der Waals surface area contributed by atoms with Crippen LogP contribution in [0.15, 0.2) is 46.8 Å². The molecule has 3 aromatic rings. The van der Waals surface area contributed by atoms with Crippen LogP contribution >= 0.6 is 11.3 Å². The molecule has 0 unspecified atom stereocenters. The van der Waals surface area contributed by atoms with Crippen molar-refractivity contribution in [3.63, 3.8) is 0 Å². The molecule has 0 saturated heterocycles. The Hall–Kier alpha value is -2.98. The van der Waals surface area contributed by atoms with Crippen LogP contribution in [0.5, 0.6) is 0 Å². The number of benzene rings is 1. The minimum atomic E-state index is -0.353. The first-order chi connectivity index (χ1) is 10.7. The number of hydrogen-bond donors (Lipinski definition) is 1. The molecule has 0 spiro atoms. The SMILES string of the molecule is N#Cc1cccc(NC(=O)Cn2cnc3sccc3c2=O)c1. The molecule has 1 N–H and O–H groups in total. The molecule has 0 aliphatic rings. The fraction of sp³-hybridized carbons (Fsp3) is 0.0667. The Labute approximate surface area is 129 Å². The molecule has 22 heavy (non-hydrogen) atoms. The van der Waals surface area contributed by atoms with Crippen LogP contribution in [0.3, 0.4) is 0 Å². The number of carbonyl (C=O) groups is 1. The summed E-state index contributed by atoms with van der Waals surface area (Å²) in [6.45, 7) is -0.131. The van der Waals surface area contributed by atoms with E-state index in [2.05, 4.69) is 10.3 Å². The molecule has 3 rings (SSSR count). The smallest absolute Gasteiger partial charge is 0.262 e. The molecule has 0 aliphatic carbocycles. The minimum Gasteiger partial charge on any atom is -0.324 e. The van der Waals surface area contributed by atoms with E-state index in [9.17, 15) is 9.59 Å². The van der Waals surface area contributed by atoms with Crippen LogP contribution in [0.4, 0.5) is 5.69 Å². The van der Waals surface area contributed by atoms with Gasteiger partial charge in [0.25, 0.3) is 5.56 Å². The molecular weight excluding hydrogens is 300 g/mol. The lowest BCUT2D eigenvalue weighted by Crippen LogP contribution is -2.27. The second kappa shape index (κ2) is 5.79. The first kappa shape index (κ1) is 14.0. The van der Waals surface area contributed by atoms with E-state index in [0.717, 1.165) is 0 Å². The number of nitrogens with zero attached hydrogens (tertiary/aromatic N) is 3. The Morgan fingerprint density at radius 3 is 3.09 bits per heavy atom. The number of aromatic nitrogens is 2. The number of nitriles is 1. The largest absolute Gasteiger partial charge is 0.324 e. The first-order valence-corrected chi connectivity index (χ1v) is 7.28. The van der Waals surface area contributed by atoms with Gasteiger partial charge >= 0.3 is 0 Å². The summed E-state index contributed by atoms with van der Waals surface area (Å²) in [5.41, 5.74) is 0.727. The number of carbonyl (C=O) groups excluding carboxylic acids is 1. The lowest BCUT2D eigenvalue weighted by atomic mass is 10.2. The van der Waals surface area contributed by atoms with E-state index < -0.39 is 0 Å². The Balaban J connectivity index is 1.79. The van der Waals surface area contributed by atoms with Crippen molar-refractivity contribution in [2.24, 2.45) is 0 Å². The summed E-state index contributed by atoms with van der Waals surface area (Å²) in [7, 11) is 0. The number of rotatable bonds is 3. The summed E-state index contributed by atoms with van der Waals surface area (Å²) in [5.74, 6) is -0.353. The molecular formula is C15H10N4O2S. The molecule has 0 fully saturated rings. The normalized spacial score (nSPS) is 10.3. The van der Waals surface area contributed by atoms with Crippen LogP contribution in [-0.2, 0) is 11.3 Å². The molecule has 108 valence electrons. The molecule has 0 aliphatic heterocycles. The zero-order chi connectivity index (χ0) is 15.5. The van der Waals surface area contributed by atoms with Gasteiger partial charge in [0.05, 0.1) is 23.3 Å². The second-order valence-electron chi connectivity index (χ2n) is 4.56. The van der Waals surface area contributed by atoms with Crippen LogP contribution in [0.25, 0.3) is 10.2 Å². The third-order valence-electron chi connectivity index (χ3n) is 3.04. The van der Waals surface area contributed by atoms with Gasteiger partial charge in [-0.2, -0.15) is 5.26 Å². The molecule has 0 radical (unpaired) electrons. The van der Waals surface area contributed by atoms with Crippen LogP contribution < -0.4 is 10.9 Å². The van der Waals surface area contributed by atoms with Crippen molar-refractivity contribution in [1.82, 2.24) is 9.55 Å². The average Bonchev–Trinajstić information content (AvgIpc) is 2.99. The van der Waals surface area contributed by atoms with Gasteiger partial charge in [-0.15, -0.1) is 11.3 Å². The van der Waals surface area contributed by atoms with Crippen molar-refractivity contribution >= 4 is 33.1 Å². The topological polar surface area (TPSA) is 87.8 Å². The maximum atomic E-state index is 12.2. The van der Waals surface area contributed by atoms with Crippen molar-refractivity contribution in [2.75, 3.05) is 5.32 Å². The van der Waals surface area contributed by atoms with E-state index in [4.69, 9.17) is 5.26 Å². The van der Waals surface area contributed by atoms with Gasteiger partial charge in [0.1, 0.15) is 11.4 Å². The van der Waals surface area contributed by atoms with Gasteiger partial charge in [0, 0.05) is 5.69 Å². The quantitative estimate of drug-likeness (QED) is 0.801. The van der Waals surface area contributed by atoms with Crippen LogP contribution in [0.1, 0.15) is 5.56 Å². The lowest BCUT2D eigenvalue weighted by Gasteiger charge is -2.07. The highest BCUT2D eigenvalue weighted by molar-refractivity contribution is 7.16. The molecule has 7 heteroatoms.